The first kappa shape index (κ1) is 89.0. The van der Waals surface area contributed by atoms with Gasteiger partial charge in [0.15, 0.2) is 0 Å². The predicted octanol–water partition coefficient (Wildman–Crippen LogP) is 27.4. The highest BCUT2D eigenvalue weighted by Gasteiger charge is 2.21. The quantitative estimate of drug-likeness (QED) is 0.0646. The third kappa shape index (κ3) is 20.9. The lowest BCUT2D eigenvalue weighted by Gasteiger charge is -2.13. The maximum Gasteiger partial charge on any atom is 0.0894 e. The van der Waals surface area contributed by atoms with E-state index in [4.69, 9.17) is 44.9 Å². The molecule has 24 aromatic rings. The molecule has 0 saturated heterocycles. The van der Waals surface area contributed by atoms with Crippen molar-refractivity contribution in [2.75, 3.05) is 0 Å². The van der Waals surface area contributed by atoms with E-state index in [1.54, 1.807) is 55.8 Å². The van der Waals surface area contributed by atoms with Crippen molar-refractivity contribution >= 4 is 0 Å². The molecule has 0 saturated carbocycles. The van der Waals surface area contributed by atoms with Gasteiger partial charge in [0.1, 0.15) is 0 Å². The van der Waals surface area contributed by atoms with E-state index in [0.717, 1.165) is 237 Å². The third-order valence-electron chi connectivity index (χ3n) is 23.8. The van der Waals surface area contributed by atoms with Crippen LogP contribution < -0.4 is 0 Å². The maximum atomic E-state index is 5.17. The first-order chi connectivity index (χ1) is 71.3. The molecule has 144 heavy (non-hydrogen) atoms. The average molecular weight is 1850 g/mol. The van der Waals surface area contributed by atoms with E-state index in [2.05, 4.69) is 133 Å². The van der Waals surface area contributed by atoms with Crippen LogP contribution in [-0.4, -0.2) is 105 Å². The van der Waals surface area contributed by atoms with Gasteiger partial charge in [-0.05, 0) is 308 Å². The van der Waals surface area contributed by atoms with Crippen molar-refractivity contribution in [2.45, 2.75) is 0 Å². The Morgan fingerprint density at radius 2 is 0.215 bits per heavy atom. The minimum atomic E-state index is 0.746. The summed E-state index contributed by atoms with van der Waals surface area (Å²) in [4.78, 5) is 99.6. The Morgan fingerprint density at radius 1 is 0.0903 bits per heavy atom. The second kappa shape index (κ2) is 42.2. The maximum absolute atomic E-state index is 5.17. The average Bonchev–Trinajstić information content (AvgIpc) is 0.787. The predicted molar refractivity (Wildman–Crippen MR) is 567 cm³/mol. The number of benzene rings is 3. The first-order valence-corrected chi connectivity index (χ1v) is 46.6. The molecule has 0 radical (unpaired) electrons. The van der Waals surface area contributed by atoms with Crippen LogP contribution in [0.1, 0.15) is 0 Å². The molecule has 0 fully saturated rings. The molecule has 24 rings (SSSR count). The van der Waals surface area contributed by atoms with Crippen molar-refractivity contribution < 1.29 is 0 Å². The van der Waals surface area contributed by atoms with E-state index in [9.17, 15) is 0 Å². The zero-order chi connectivity index (χ0) is 96.4. The van der Waals surface area contributed by atoms with Crippen LogP contribution in [0.5, 0.6) is 0 Å². The fourth-order valence-electron chi connectivity index (χ4n) is 16.8. The van der Waals surface area contributed by atoms with Gasteiger partial charge in [-0.15, -0.1) is 0 Å². The van der Waals surface area contributed by atoms with Crippen LogP contribution in [0.2, 0.25) is 0 Å². The van der Waals surface area contributed by atoms with E-state index in [-0.39, 0.29) is 0 Å². The second-order valence-electron chi connectivity index (χ2n) is 33.4. The summed E-state index contributed by atoms with van der Waals surface area (Å²) in [5.41, 5.74) is 36.1. The van der Waals surface area contributed by atoms with E-state index in [1.807, 2.05) is 365 Å². The zero-order valence-corrected chi connectivity index (χ0v) is 77.2. The fraction of sp³-hybridized carbons (Fsp3) is 0. The highest BCUT2D eigenvalue weighted by atomic mass is 14.9. The van der Waals surface area contributed by atoms with Gasteiger partial charge in [-0.25, -0.2) is 44.9 Å². The summed E-state index contributed by atoms with van der Waals surface area (Å²) in [6.45, 7) is 0. The van der Waals surface area contributed by atoms with Crippen molar-refractivity contribution in [3.8, 4) is 237 Å². The summed E-state index contributed by atoms with van der Waals surface area (Å²) in [7, 11) is 0. The Hall–Kier alpha value is -20.2. The molecule has 0 aliphatic carbocycles. The Balaban J connectivity index is 0.000000126. The highest BCUT2D eigenvalue weighted by molar-refractivity contribution is 5.87. The van der Waals surface area contributed by atoms with Crippen LogP contribution in [0.15, 0.2) is 493 Å². The van der Waals surface area contributed by atoms with E-state index in [1.165, 1.54) is 0 Å². The summed E-state index contributed by atoms with van der Waals surface area (Å²) >= 11 is 0. The highest BCUT2D eigenvalue weighted by Crippen LogP contribution is 2.41. The number of hydrogen-bond acceptors (Lipinski definition) is 21. The number of pyridine rings is 21. The Bertz CT molecular complexity index is 7510. The van der Waals surface area contributed by atoms with Gasteiger partial charge in [0.05, 0.1) is 154 Å². The van der Waals surface area contributed by atoms with Gasteiger partial charge in [-0.2, -0.15) is 0 Å². The summed E-state index contributed by atoms with van der Waals surface area (Å²) in [6, 6.07) is 132. The topological polar surface area (TPSA) is 271 Å². The smallest absolute Gasteiger partial charge is 0.0894 e. The first-order valence-electron chi connectivity index (χ1n) is 46.6. The van der Waals surface area contributed by atoms with Crippen molar-refractivity contribution in [1.82, 2.24) is 105 Å². The molecule has 0 spiro atoms. The van der Waals surface area contributed by atoms with Gasteiger partial charge in [0, 0.05) is 160 Å². The molecule has 0 amide bonds. The normalized spacial score (nSPS) is 10.9. The van der Waals surface area contributed by atoms with Crippen LogP contribution >= 0.6 is 0 Å². The molecule has 0 bridgehead atoms. The Labute approximate surface area is 829 Å². The minimum Gasteiger partial charge on any atom is -0.263 e. The number of nitrogens with zero attached hydrogens (tertiary/aromatic N) is 21. The molecule has 0 N–H and O–H groups in total. The van der Waals surface area contributed by atoms with Gasteiger partial charge in [-0.3, -0.25) is 59.8 Å². The minimum absolute atomic E-state index is 0.746. The zero-order valence-electron chi connectivity index (χ0n) is 77.2. The molecular formula is C123H81N21. The Morgan fingerprint density at radius 3 is 0.382 bits per heavy atom. The fourth-order valence-corrected chi connectivity index (χ4v) is 16.8. The second-order valence-corrected chi connectivity index (χ2v) is 33.4. The molecule has 21 nitrogen and oxygen atoms in total. The SMILES string of the molecule is c1ccc(-c2cccc(-c3cc(-c4cccc(-c5ccccn5)n4)cc(-c4cccc(-c5ccccn5)n4)c3)n2)nc1.c1ccc(-c2cccc(-c3cccc(-c4cc(-c5cccc(-c6cccc(-c7ccccn7)n6)n5)cc(-c5cccc(-c6cccc(-c7ccccn7)n6)n5)c4)n3)n2)nc1.c1ccc(-c2cncc(-c3cc(-c4cncc(-c5ccccn5)c4)cc(-c4cncc(-c5ccccn5)c4)c3)c2)nc1. The van der Waals surface area contributed by atoms with Gasteiger partial charge >= 0.3 is 0 Å². The largest absolute Gasteiger partial charge is 0.263 e. The Kier molecular flexibility index (Phi) is 26.1. The van der Waals surface area contributed by atoms with Crippen LogP contribution in [0.3, 0.4) is 0 Å². The molecule has 0 aliphatic heterocycles. The van der Waals surface area contributed by atoms with E-state index >= 15 is 0 Å². The van der Waals surface area contributed by atoms with E-state index in [0.29, 0.717) is 0 Å². The van der Waals surface area contributed by atoms with Crippen molar-refractivity contribution in [2.24, 2.45) is 0 Å². The van der Waals surface area contributed by atoms with Crippen LogP contribution in [0.25, 0.3) is 237 Å². The summed E-state index contributed by atoms with van der Waals surface area (Å²) in [6.07, 6.45) is 27.2. The third-order valence-corrected chi connectivity index (χ3v) is 23.8. The summed E-state index contributed by atoms with van der Waals surface area (Å²) in [5.74, 6) is 0. The van der Waals surface area contributed by atoms with Crippen molar-refractivity contribution in [1.29, 1.82) is 0 Å². The molecule has 21 heteroatoms. The van der Waals surface area contributed by atoms with E-state index < -0.39 is 0 Å². The lowest BCUT2D eigenvalue weighted by molar-refractivity contribution is 1.21. The standard InChI is InChI=1S/C51H33N9.2C36H24N6/c1-4-28-52-40(13-1)43-19-10-25-49(58-43)46-22-7-16-37(55-46)34-31-35(38-17-8-23-47(56-38)50-26-11-20-44(59-50)41-14-2-5-29-53-41)33-36(32-34)39-18-9-24-48(57-39)51-27-12-21-45(60-51)42-15-3-6-30-54-42;1-4-19-37-31(10-1)34-16-7-13-28(40-34)25-22-26(29-14-8-17-35(41-29)32-11-2-5-20-38-32)24-27(23-25)30-15-9-18-36(42-30)33-12-3-6-21-39-33;1-4-10-40-34(7-1)31-16-28(19-37-22-31)25-13-26(29-17-32(23-38-20-29)35-8-2-5-11-41-35)15-27(14-25)30-18-33(24-39-21-30)36-9-3-6-12-42-36/h1-33H;2*1-24H. The van der Waals surface area contributed by atoms with Crippen LogP contribution in [0, 0.1) is 0 Å². The number of hydrogen-bond donors (Lipinski definition) is 0. The van der Waals surface area contributed by atoms with Crippen LogP contribution in [0.4, 0.5) is 0 Å². The molecule has 678 valence electrons. The molecule has 3 aromatic carbocycles. The molecule has 21 heterocycles. The lowest BCUT2D eigenvalue weighted by atomic mass is 9.93. The molecule has 21 aromatic heterocycles. The number of rotatable bonds is 21. The molecular weight excluding hydrogens is 1770 g/mol. The molecule has 0 atom stereocenters. The molecule has 0 aliphatic rings. The summed E-state index contributed by atoms with van der Waals surface area (Å²) in [5, 5.41) is 0. The summed E-state index contributed by atoms with van der Waals surface area (Å²) < 4.78 is 0. The van der Waals surface area contributed by atoms with Crippen LogP contribution in [-0.2, 0) is 0 Å². The lowest BCUT2D eigenvalue weighted by Crippen LogP contribution is -1.96. The number of aromatic nitrogens is 21. The van der Waals surface area contributed by atoms with Gasteiger partial charge in [-0.1, -0.05) is 109 Å². The molecule has 0 unspecified atom stereocenters. The van der Waals surface area contributed by atoms with Gasteiger partial charge in [0.2, 0.25) is 0 Å². The van der Waals surface area contributed by atoms with Crippen molar-refractivity contribution in [3.05, 3.63) is 493 Å². The van der Waals surface area contributed by atoms with Gasteiger partial charge < -0.3 is 0 Å². The van der Waals surface area contributed by atoms with Gasteiger partial charge in [0.25, 0.3) is 0 Å². The monoisotopic (exact) mass is 1850 g/mol. The van der Waals surface area contributed by atoms with Crippen molar-refractivity contribution in [3.63, 3.8) is 0 Å².